The first-order valence-electron chi connectivity index (χ1n) is 10.3. The maximum Gasteiger partial charge on any atom is 0.266 e. The zero-order valence-corrected chi connectivity index (χ0v) is 19.2. The van der Waals surface area contributed by atoms with Gasteiger partial charge in [-0.25, -0.2) is 9.37 Å². The van der Waals surface area contributed by atoms with Gasteiger partial charge < -0.3 is 10.2 Å². The lowest BCUT2D eigenvalue weighted by atomic mass is 10.0. The van der Waals surface area contributed by atoms with E-state index in [4.69, 9.17) is 11.6 Å². The first kappa shape index (κ1) is 22.4. The van der Waals surface area contributed by atoms with E-state index in [0.29, 0.717) is 27.2 Å². The third-order valence-electron chi connectivity index (χ3n) is 5.73. The summed E-state index contributed by atoms with van der Waals surface area (Å²) in [5, 5.41) is 3.03. The van der Waals surface area contributed by atoms with E-state index >= 15 is 0 Å². The van der Waals surface area contributed by atoms with Crippen LogP contribution in [0, 0.1) is 12.7 Å². The van der Waals surface area contributed by atoms with Crippen LogP contribution in [0.3, 0.4) is 0 Å². The van der Waals surface area contributed by atoms with Gasteiger partial charge in [0.05, 0.1) is 27.3 Å². The highest BCUT2D eigenvalue weighted by atomic mass is 35.5. The van der Waals surface area contributed by atoms with Crippen LogP contribution in [0.15, 0.2) is 29.3 Å². The van der Waals surface area contributed by atoms with E-state index in [9.17, 15) is 18.8 Å². The van der Waals surface area contributed by atoms with E-state index in [0.717, 1.165) is 36.7 Å². The van der Waals surface area contributed by atoms with Gasteiger partial charge in [0.1, 0.15) is 17.2 Å². The number of hydrogen-bond donors (Lipinski definition) is 1. The molecule has 4 rings (SSSR count). The Balaban J connectivity index is 1.61. The second-order valence-corrected chi connectivity index (χ2v) is 9.33. The van der Waals surface area contributed by atoms with Gasteiger partial charge in [0, 0.05) is 12.6 Å². The molecule has 0 saturated carbocycles. The molecule has 1 unspecified atom stereocenters. The number of likely N-dealkylation sites (tertiary alicyclic amines) is 1. The third-order valence-corrected chi connectivity index (χ3v) is 7.24. The number of aromatic nitrogens is 2. The Kier molecular flexibility index (Phi) is 6.30. The van der Waals surface area contributed by atoms with E-state index in [1.807, 2.05) is 11.8 Å². The van der Waals surface area contributed by atoms with E-state index in [1.54, 1.807) is 6.92 Å². The van der Waals surface area contributed by atoms with Crippen LogP contribution in [0.1, 0.15) is 41.4 Å². The van der Waals surface area contributed by atoms with Crippen molar-refractivity contribution in [2.24, 2.45) is 0 Å². The number of benzene rings is 1. The van der Waals surface area contributed by atoms with Crippen LogP contribution < -0.4 is 10.9 Å². The van der Waals surface area contributed by atoms with E-state index in [2.05, 4.69) is 10.3 Å². The van der Waals surface area contributed by atoms with Gasteiger partial charge in [-0.1, -0.05) is 11.6 Å². The van der Waals surface area contributed by atoms with Crippen molar-refractivity contribution in [1.82, 2.24) is 14.5 Å². The van der Waals surface area contributed by atoms with Gasteiger partial charge in [0.25, 0.3) is 11.5 Å². The van der Waals surface area contributed by atoms with Crippen molar-refractivity contribution in [3.8, 4) is 0 Å². The number of piperidine rings is 1. The molecule has 1 aliphatic rings. The van der Waals surface area contributed by atoms with Crippen molar-refractivity contribution < 1.29 is 14.0 Å². The number of carbonyl (C=O) groups is 2. The molecule has 1 saturated heterocycles. The SMILES string of the molecule is Cc1c(C(=O)Nc2ccc(F)cc2Cl)sc2ncn(CC(=O)N3CCCCC3C)c(=O)c12. The Morgan fingerprint density at radius 3 is 2.84 bits per heavy atom. The molecule has 3 heterocycles. The fraction of sp³-hybridized carbons (Fsp3) is 0.364. The number of nitrogens with zero attached hydrogens (tertiary/aromatic N) is 3. The minimum Gasteiger partial charge on any atom is -0.338 e. The number of anilines is 1. The molecule has 1 aromatic carbocycles. The normalized spacial score (nSPS) is 16.4. The number of aryl methyl sites for hydroxylation is 1. The minimum absolute atomic E-state index is 0.0723. The molecule has 3 aromatic rings. The van der Waals surface area contributed by atoms with Gasteiger partial charge >= 0.3 is 0 Å². The minimum atomic E-state index is -0.510. The number of nitrogens with one attached hydrogen (secondary N) is 1. The summed E-state index contributed by atoms with van der Waals surface area (Å²) in [5.74, 6) is -1.09. The highest BCUT2D eigenvalue weighted by Crippen LogP contribution is 2.29. The topological polar surface area (TPSA) is 84.3 Å². The quantitative estimate of drug-likeness (QED) is 0.611. The number of hydrogen-bond acceptors (Lipinski definition) is 5. The smallest absolute Gasteiger partial charge is 0.266 e. The van der Waals surface area contributed by atoms with Crippen LogP contribution in [-0.2, 0) is 11.3 Å². The lowest BCUT2D eigenvalue weighted by Gasteiger charge is -2.33. The molecule has 0 spiro atoms. The lowest BCUT2D eigenvalue weighted by molar-refractivity contribution is -0.135. The molecular weight excluding hydrogens is 455 g/mol. The third kappa shape index (κ3) is 4.27. The molecule has 1 atom stereocenters. The van der Waals surface area contributed by atoms with Gasteiger partial charge in [-0.15, -0.1) is 11.3 Å². The molecule has 32 heavy (non-hydrogen) atoms. The summed E-state index contributed by atoms with van der Waals surface area (Å²) < 4.78 is 14.6. The predicted molar refractivity (Wildman–Crippen MR) is 123 cm³/mol. The second-order valence-electron chi connectivity index (χ2n) is 7.92. The molecule has 7 nitrogen and oxygen atoms in total. The Bertz CT molecular complexity index is 1270. The summed E-state index contributed by atoms with van der Waals surface area (Å²) >= 11 is 7.08. The molecule has 0 aliphatic carbocycles. The Morgan fingerprint density at radius 1 is 1.34 bits per heavy atom. The monoisotopic (exact) mass is 476 g/mol. The molecule has 0 radical (unpaired) electrons. The standard InChI is InChI=1S/C22H22ClFN4O3S/c1-12-5-3-4-8-28(12)17(29)10-27-11-25-21-18(22(27)31)13(2)19(32-21)20(30)26-16-7-6-14(24)9-15(16)23/h6-7,9,11-12H,3-5,8,10H2,1-2H3,(H,26,30). The highest BCUT2D eigenvalue weighted by molar-refractivity contribution is 7.20. The molecule has 2 amide bonds. The zero-order chi connectivity index (χ0) is 23.0. The Hall–Kier alpha value is -2.78. The van der Waals surface area contributed by atoms with E-state index in [-0.39, 0.29) is 34.8 Å². The molecule has 0 bridgehead atoms. The molecule has 168 valence electrons. The fourth-order valence-corrected chi connectivity index (χ4v) is 5.21. The summed E-state index contributed by atoms with van der Waals surface area (Å²) in [5.41, 5.74) is 0.383. The fourth-order valence-electron chi connectivity index (χ4n) is 3.96. The maximum atomic E-state index is 13.3. The predicted octanol–water partition coefficient (Wildman–Crippen LogP) is 4.21. The van der Waals surface area contributed by atoms with Crippen molar-refractivity contribution in [2.75, 3.05) is 11.9 Å². The van der Waals surface area contributed by atoms with Crippen molar-refractivity contribution in [3.63, 3.8) is 0 Å². The molecule has 2 aromatic heterocycles. The van der Waals surface area contributed by atoms with Crippen LogP contribution in [0.25, 0.3) is 10.2 Å². The number of fused-ring (bicyclic) bond motifs is 1. The molecular formula is C22H22ClFN4O3S. The van der Waals surface area contributed by atoms with Gasteiger partial charge in [0.15, 0.2) is 0 Å². The Morgan fingerprint density at radius 2 is 2.12 bits per heavy atom. The van der Waals surface area contributed by atoms with E-state index in [1.165, 1.54) is 23.0 Å². The largest absolute Gasteiger partial charge is 0.338 e. The second kappa shape index (κ2) is 8.99. The summed E-state index contributed by atoms with van der Waals surface area (Å²) in [4.78, 5) is 45.5. The summed E-state index contributed by atoms with van der Waals surface area (Å²) in [6.07, 6.45) is 4.37. The van der Waals surface area contributed by atoms with Crippen LogP contribution in [0.2, 0.25) is 5.02 Å². The number of rotatable bonds is 4. The van der Waals surface area contributed by atoms with Crippen molar-refractivity contribution in [3.05, 3.63) is 56.2 Å². The van der Waals surface area contributed by atoms with Crippen LogP contribution in [0.4, 0.5) is 10.1 Å². The molecule has 1 fully saturated rings. The van der Waals surface area contributed by atoms with Crippen molar-refractivity contribution >= 4 is 50.7 Å². The lowest BCUT2D eigenvalue weighted by Crippen LogP contribution is -2.44. The van der Waals surface area contributed by atoms with Crippen molar-refractivity contribution in [1.29, 1.82) is 0 Å². The van der Waals surface area contributed by atoms with Gasteiger partial charge in [-0.3, -0.25) is 19.0 Å². The summed E-state index contributed by atoms with van der Waals surface area (Å²) in [6.45, 7) is 4.29. The number of thiophene rings is 1. The first-order chi connectivity index (χ1) is 15.3. The number of carbonyl (C=O) groups excluding carboxylic acids is 2. The van der Waals surface area contributed by atoms with Crippen LogP contribution >= 0.6 is 22.9 Å². The number of amides is 2. The maximum absolute atomic E-state index is 13.3. The average Bonchev–Trinajstić information content (AvgIpc) is 3.09. The summed E-state index contributed by atoms with van der Waals surface area (Å²) in [6, 6.07) is 3.83. The van der Waals surface area contributed by atoms with E-state index < -0.39 is 11.7 Å². The first-order valence-corrected chi connectivity index (χ1v) is 11.5. The zero-order valence-electron chi connectivity index (χ0n) is 17.7. The average molecular weight is 477 g/mol. The van der Waals surface area contributed by atoms with Gasteiger partial charge in [-0.05, 0) is 56.9 Å². The van der Waals surface area contributed by atoms with Crippen molar-refractivity contribution in [2.45, 2.75) is 45.7 Å². The van der Waals surface area contributed by atoms with Crippen LogP contribution in [0.5, 0.6) is 0 Å². The summed E-state index contributed by atoms with van der Waals surface area (Å²) in [7, 11) is 0. The number of halogens is 2. The molecule has 1 aliphatic heterocycles. The van der Waals surface area contributed by atoms with Gasteiger partial charge in [0.2, 0.25) is 5.91 Å². The van der Waals surface area contributed by atoms with Gasteiger partial charge in [-0.2, -0.15) is 0 Å². The highest BCUT2D eigenvalue weighted by Gasteiger charge is 2.25. The molecule has 10 heteroatoms. The molecule has 1 N–H and O–H groups in total. The Labute approximate surface area is 192 Å². The van der Waals surface area contributed by atoms with Crippen LogP contribution in [-0.4, -0.2) is 38.9 Å².